The highest BCUT2D eigenvalue weighted by molar-refractivity contribution is 5.77. The molecule has 5 heteroatoms. The third-order valence-electron chi connectivity index (χ3n) is 2.69. The van der Waals surface area contributed by atoms with Gasteiger partial charge in [0.1, 0.15) is 11.6 Å². The molecule has 2 N–H and O–H groups in total. The largest absolute Gasteiger partial charge is 0.469 e. The van der Waals surface area contributed by atoms with Gasteiger partial charge in [-0.3, -0.25) is 0 Å². The Hall–Kier alpha value is -2.30. The Labute approximate surface area is 103 Å². The second-order valence-corrected chi connectivity index (χ2v) is 4.00. The van der Waals surface area contributed by atoms with E-state index in [-0.39, 0.29) is 5.82 Å². The Morgan fingerprint density at radius 2 is 2.28 bits per heavy atom. The van der Waals surface area contributed by atoms with Crippen LogP contribution in [0.25, 0.3) is 11.0 Å². The lowest BCUT2D eigenvalue weighted by atomic mass is 10.3. The Morgan fingerprint density at radius 3 is 3.11 bits per heavy atom. The van der Waals surface area contributed by atoms with Gasteiger partial charge in [-0.05, 0) is 30.3 Å². The van der Waals surface area contributed by atoms with Crippen LogP contribution in [0.15, 0.2) is 41.0 Å². The molecule has 3 rings (SSSR count). The maximum Gasteiger partial charge on any atom is 0.201 e. The molecular formula is C13H12FN3O. The average molecular weight is 245 g/mol. The van der Waals surface area contributed by atoms with Crippen LogP contribution in [0.1, 0.15) is 5.76 Å². The molecule has 0 saturated heterocycles. The Kier molecular flexibility index (Phi) is 2.72. The monoisotopic (exact) mass is 245 g/mol. The van der Waals surface area contributed by atoms with Crippen molar-refractivity contribution in [2.24, 2.45) is 0 Å². The average Bonchev–Trinajstić information content (AvgIpc) is 2.97. The van der Waals surface area contributed by atoms with Gasteiger partial charge in [0.05, 0.1) is 17.3 Å². The highest BCUT2D eigenvalue weighted by Crippen LogP contribution is 2.15. The van der Waals surface area contributed by atoms with Crippen LogP contribution < -0.4 is 5.32 Å². The molecule has 0 radical (unpaired) electrons. The molecule has 3 aromatic rings. The fourth-order valence-corrected chi connectivity index (χ4v) is 1.82. The van der Waals surface area contributed by atoms with Gasteiger partial charge in [0.2, 0.25) is 5.95 Å². The van der Waals surface area contributed by atoms with Gasteiger partial charge in [0.25, 0.3) is 0 Å². The normalized spacial score (nSPS) is 10.9. The first-order chi connectivity index (χ1) is 8.81. The van der Waals surface area contributed by atoms with Crippen molar-refractivity contribution in [2.75, 3.05) is 11.9 Å². The molecule has 0 unspecified atom stereocenters. The predicted molar refractivity (Wildman–Crippen MR) is 67.0 cm³/mol. The van der Waals surface area contributed by atoms with Crippen molar-refractivity contribution in [3.05, 3.63) is 48.2 Å². The molecule has 2 aromatic heterocycles. The van der Waals surface area contributed by atoms with Crippen LogP contribution in [-0.2, 0) is 6.42 Å². The van der Waals surface area contributed by atoms with Crippen molar-refractivity contribution in [1.82, 2.24) is 9.97 Å². The predicted octanol–water partition coefficient (Wildman–Crippen LogP) is 2.95. The topological polar surface area (TPSA) is 53.9 Å². The molecule has 1 aromatic carbocycles. The van der Waals surface area contributed by atoms with Crippen molar-refractivity contribution < 1.29 is 8.81 Å². The zero-order chi connectivity index (χ0) is 12.4. The van der Waals surface area contributed by atoms with Gasteiger partial charge in [-0.2, -0.15) is 0 Å². The van der Waals surface area contributed by atoms with Crippen molar-refractivity contribution in [1.29, 1.82) is 0 Å². The number of aromatic amines is 1. The first-order valence-corrected chi connectivity index (χ1v) is 5.73. The Balaban J connectivity index is 1.67. The first kappa shape index (κ1) is 10.8. The Bertz CT molecular complexity index is 645. The summed E-state index contributed by atoms with van der Waals surface area (Å²) in [5, 5.41) is 3.14. The van der Waals surface area contributed by atoms with E-state index in [9.17, 15) is 4.39 Å². The van der Waals surface area contributed by atoms with Crippen molar-refractivity contribution in [3.63, 3.8) is 0 Å². The molecule has 0 fully saturated rings. The zero-order valence-electron chi connectivity index (χ0n) is 9.61. The maximum absolute atomic E-state index is 13.0. The summed E-state index contributed by atoms with van der Waals surface area (Å²) in [5.41, 5.74) is 1.44. The van der Waals surface area contributed by atoms with E-state index in [2.05, 4.69) is 15.3 Å². The van der Waals surface area contributed by atoms with Crippen molar-refractivity contribution in [3.8, 4) is 0 Å². The van der Waals surface area contributed by atoms with Gasteiger partial charge in [-0.1, -0.05) is 0 Å². The van der Waals surface area contributed by atoms with E-state index in [0.29, 0.717) is 18.0 Å². The van der Waals surface area contributed by atoms with E-state index in [1.54, 1.807) is 12.3 Å². The summed E-state index contributed by atoms with van der Waals surface area (Å²) >= 11 is 0. The van der Waals surface area contributed by atoms with Crippen LogP contribution in [0.4, 0.5) is 10.3 Å². The summed E-state index contributed by atoms with van der Waals surface area (Å²) in [6.07, 6.45) is 2.43. The zero-order valence-corrected chi connectivity index (χ0v) is 9.61. The van der Waals surface area contributed by atoms with Crippen LogP contribution >= 0.6 is 0 Å². The number of benzene rings is 1. The van der Waals surface area contributed by atoms with E-state index < -0.39 is 0 Å². The van der Waals surface area contributed by atoms with E-state index in [0.717, 1.165) is 17.7 Å². The molecule has 18 heavy (non-hydrogen) atoms. The van der Waals surface area contributed by atoms with Crippen LogP contribution in [0, 0.1) is 5.82 Å². The van der Waals surface area contributed by atoms with Crippen LogP contribution in [0.3, 0.4) is 0 Å². The van der Waals surface area contributed by atoms with Gasteiger partial charge in [-0.15, -0.1) is 0 Å². The lowest BCUT2D eigenvalue weighted by Gasteiger charge is -1.99. The van der Waals surface area contributed by atoms with Gasteiger partial charge >= 0.3 is 0 Å². The number of rotatable bonds is 4. The first-order valence-electron chi connectivity index (χ1n) is 5.73. The molecule has 0 aliphatic heterocycles. The quantitative estimate of drug-likeness (QED) is 0.743. The summed E-state index contributed by atoms with van der Waals surface area (Å²) in [5.74, 6) is 1.29. The smallest absolute Gasteiger partial charge is 0.201 e. The number of fused-ring (bicyclic) bond motifs is 1. The lowest BCUT2D eigenvalue weighted by molar-refractivity contribution is 0.513. The molecular weight excluding hydrogens is 233 g/mol. The number of H-pyrrole nitrogens is 1. The SMILES string of the molecule is Fc1ccc2nc(NCCc3ccco3)[nH]c2c1. The summed E-state index contributed by atoms with van der Waals surface area (Å²) in [4.78, 5) is 7.33. The molecule has 0 saturated carbocycles. The second kappa shape index (κ2) is 4.52. The summed E-state index contributed by atoms with van der Waals surface area (Å²) in [6, 6.07) is 8.27. The fraction of sp³-hybridized carbons (Fsp3) is 0.154. The summed E-state index contributed by atoms with van der Waals surface area (Å²) < 4.78 is 18.2. The third-order valence-corrected chi connectivity index (χ3v) is 2.69. The van der Waals surface area contributed by atoms with Gasteiger partial charge in [-0.25, -0.2) is 9.37 Å². The number of imidazole rings is 1. The number of nitrogens with zero attached hydrogens (tertiary/aromatic N) is 1. The highest BCUT2D eigenvalue weighted by Gasteiger charge is 2.03. The molecule has 0 spiro atoms. The number of hydrogen-bond acceptors (Lipinski definition) is 3. The standard InChI is InChI=1S/C13H12FN3O/c14-9-3-4-11-12(8-9)17-13(16-11)15-6-5-10-2-1-7-18-10/h1-4,7-8H,5-6H2,(H2,15,16,17). The molecule has 0 aliphatic carbocycles. The van der Waals surface area contributed by atoms with E-state index in [1.165, 1.54) is 12.1 Å². The lowest BCUT2D eigenvalue weighted by Crippen LogP contribution is -2.05. The van der Waals surface area contributed by atoms with Crippen LogP contribution in [0.5, 0.6) is 0 Å². The molecule has 4 nitrogen and oxygen atoms in total. The Morgan fingerprint density at radius 1 is 1.33 bits per heavy atom. The molecule has 0 aliphatic rings. The van der Waals surface area contributed by atoms with Gasteiger partial charge < -0.3 is 14.7 Å². The summed E-state index contributed by atoms with van der Waals surface area (Å²) in [6.45, 7) is 0.704. The molecule has 0 amide bonds. The number of anilines is 1. The van der Waals surface area contributed by atoms with Crippen LogP contribution in [0.2, 0.25) is 0 Å². The van der Waals surface area contributed by atoms with Gasteiger partial charge in [0, 0.05) is 13.0 Å². The number of halogens is 1. The van der Waals surface area contributed by atoms with E-state index >= 15 is 0 Å². The van der Waals surface area contributed by atoms with E-state index in [1.807, 2.05) is 12.1 Å². The number of aromatic nitrogens is 2. The van der Waals surface area contributed by atoms with E-state index in [4.69, 9.17) is 4.42 Å². The van der Waals surface area contributed by atoms with Crippen molar-refractivity contribution >= 4 is 17.0 Å². The molecule has 0 atom stereocenters. The third kappa shape index (κ3) is 2.20. The maximum atomic E-state index is 13.0. The highest BCUT2D eigenvalue weighted by atomic mass is 19.1. The molecule has 2 heterocycles. The molecule has 0 bridgehead atoms. The fourth-order valence-electron chi connectivity index (χ4n) is 1.82. The summed E-state index contributed by atoms with van der Waals surface area (Å²) in [7, 11) is 0. The minimum atomic E-state index is -0.270. The van der Waals surface area contributed by atoms with Crippen LogP contribution in [-0.4, -0.2) is 16.5 Å². The molecule has 92 valence electrons. The number of nitrogens with one attached hydrogen (secondary N) is 2. The van der Waals surface area contributed by atoms with Crippen molar-refractivity contribution in [2.45, 2.75) is 6.42 Å². The number of hydrogen-bond donors (Lipinski definition) is 2. The second-order valence-electron chi connectivity index (χ2n) is 4.00. The minimum absolute atomic E-state index is 0.270. The minimum Gasteiger partial charge on any atom is -0.469 e. The number of furan rings is 1. The van der Waals surface area contributed by atoms with Gasteiger partial charge in [0.15, 0.2) is 0 Å².